The number of rotatable bonds is 10. The largest absolute Gasteiger partial charge is 0.454 e. The summed E-state index contributed by atoms with van der Waals surface area (Å²) in [4.78, 5) is 47.7. The third-order valence-corrected chi connectivity index (χ3v) is 3.82. The first-order valence-electron chi connectivity index (χ1n) is 8.99. The van der Waals surface area contributed by atoms with E-state index in [-0.39, 0.29) is 18.4 Å². The molecule has 0 spiro atoms. The average molecular weight is 412 g/mol. The SMILES string of the molecule is CCNC(=O)CNC(=O)COC(=O)[C@@H](CC(C)C)NC(=O)c1ccc(Cl)cc1. The highest BCUT2D eigenvalue weighted by atomic mass is 35.5. The van der Waals surface area contributed by atoms with E-state index in [0.717, 1.165) is 0 Å². The molecule has 3 N–H and O–H groups in total. The second-order valence-electron chi connectivity index (χ2n) is 6.50. The van der Waals surface area contributed by atoms with E-state index in [9.17, 15) is 19.2 Å². The van der Waals surface area contributed by atoms with Gasteiger partial charge in [-0.15, -0.1) is 0 Å². The van der Waals surface area contributed by atoms with Gasteiger partial charge in [0.25, 0.3) is 11.8 Å². The Bertz CT molecular complexity index is 691. The van der Waals surface area contributed by atoms with Crippen LogP contribution in [0.5, 0.6) is 0 Å². The summed E-state index contributed by atoms with van der Waals surface area (Å²) in [5.41, 5.74) is 0.352. The van der Waals surface area contributed by atoms with Crippen LogP contribution in [0.15, 0.2) is 24.3 Å². The molecule has 1 aromatic carbocycles. The van der Waals surface area contributed by atoms with E-state index in [1.54, 1.807) is 31.2 Å². The van der Waals surface area contributed by atoms with Crippen molar-refractivity contribution in [2.75, 3.05) is 19.7 Å². The number of halogens is 1. The number of hydrogen-bond donors (Lipinski definition) is 3. The van der Waals surface area contributed by atoms with Gasteiger partial charge in [0.2, 0.25) is 5.91 Å². The molecule has 1 aromatic rings. The van der Waals surface area contributed by atoms with Crippen LogP contribution in [0.3, 0.4) is 0 Å². The number of carbonyl (C=O) groups is 4. The zero-order chi connectivity index (χ0) is 21.1. The molecule has 0 aliphatic carbocycles. The fourth-order valence-electron chi connectivity index (χ4n) is 2.26. The normalized spacial score (nSPS) is 11.5. The summed E-state index contributed by atoms with van der Waals surface area (Å²) < 4.78 is 5.00. The summed E-state index contributed by atoms with van der Waals surface area (Å²) in [5.74, 6) is -2.00. The predicted molar refractivity (Wildman–Crippen MR) is 105 cm³/mol. The van der Waals surface area contributed by atoms with Gasteiger partial charge in [-0.05, 0) is 43.5 Å². The molecular formula is C19H26ClN3O5. The van der Waals surface area contributed by atoms with Crippen LogP contribution in [0.2, 0.25) is 5.02 Å². The molecule has 0 aromatic heterocycles. The monoisotopic (exact) mass is 411 g/mol. The van der Waals surface area contributed by atoms with Crippen molar-refractivity contribution in [2.24, 2.45) is 5.92 Å². The molecule has 1 atom stereocenters. The summed E-state index contributed by atoms with van der Waals surface area (Å²) >= 11 is 5.81. The Morgan fingerprint density at radius 2 is 1.68 bits per heavy atom. The van der Waals surface area contributed by atoms with E-state index in [4.69, 9.17) is 16.3 Å². The van der Waals surface area contributed by atoms with Gasteiger partial charge in [-0.2, -0.15) is 0 Å². The minimum Gasteiger partial charge on any atom is -0.454 e. The number of benzene rings is 1. The summed E-state index contributed by atoms with van der Waals surface area (Å²) in [6.45, 7) is 5.26. The molecule has 0 saturated carbocycles. The number of carbonyl (C=O) groups excluding carboxylic acids is 4. The number of esters is 1. The molecule has 0 aliphatic rings. The Labute approximate surface area is 169 Å². The van der Waals surface area contributed by atoms with Crippen LogP contribution in [0, 0.1) is 5.92 Å². The van der Waals surface area contributed by atoms with Gasteiger partial charge in [-0.3, -0.25) is 14.4 Å². The Morgan fingerprint density at radius 3 is 2.25 bits per heavy atom. The number of likely N-dealkylation sites (N-methyl/N-ethyl adjacent to an activating group) is 1. The van der Waals surface area contributed by atoms with Gasteiger partial charge in [0.15, 0.2) is 6.61 Å². The van der Waals surface area contributed by atoms with Crippen molar-refractivity contribution in [1.82, 2.24) is 16.0 Å². The van der Waals surface area contributed by atoms with Crippen molar-refractivity contribution < 1.29 is 23.9 Å². The standard InChI is InChI=1S/C19H26ClN3O5/c1-4-21-16(24)10-22-17(25)11-28-19(27)15(9-12(2)3)23-18(26)13-5-7-14(20)8-6-13/h5-8,12,15H,4,9-11H2,1-3H3,(H,21,24)(H,22,25)(H,23,26)/t15-/m1/s1. The fourth-order valence-corrected chi connectivity index (χ4v) is 2.38. The van der Waals surface area contributed by atoms with E-state index in [1.807, 2.05) is 13.8 Å². The smallest absolute Gasteiger partial charge is 0.329 e. The molecule has 0 fully saturated rings. The molecule has 0 saturated heterocycles. The number of nitrogens with one attached hydrogen (secondary N) is 3. The predicted octanol–water partition coefficient (Wildman–Crippen LogP) is 1.28. The highest BCUT2D eigenvalue weighted by molar-refractivity contribution is 6.30. The minimum absolute atomic E-state index is 0.106. The summed E-state index contributed by atoms with van der Waals surface area (Å²) in [7, 11) is 0. The third kappa shape index (κ3) is 8.85. The van der Waals surface area contributed by atoms with Crippen molar-refractivity contribution in [1.29, 1.82) is 0 Å². The fraction of sp³-hybridized carbons (Fsp3) is 0.474. The first-order chi connectivity index (χ1) is 13.2. The van der Waals surface area contributed by atoms with Gasteiger partial charge in [-0.1, -0.05) is 25.4 Å². The van der Waals surface area contributed by atoms with Crippen molar-refractivity contribution in [3.8, 4) is 0 Å². The van der Waals surface area contributed by atoms with E-state index < -0.39 is 30.4 Å². The molecule has 1 rings (SSSR count). The second-order valence-corrected chi connectivity index (χ2v) is 6.94. The number of amides is 3. The zero-order valence-electron chi connectivity index (χ0n) is 16.2. The van der Waals surface area contributed by atoms with Crippen molar-refractivity contribution >= 4 is 35.3 Å². The van der Waals surface area contributed by atoms with Crippen molar-refractivity contribution in [3.05, 3.63) is 34.9 Å². The van der Waals surface area contributed by atoms with Gasteiger partial charge in [0.1, 0.15) is 6.04 Å². The number of hydrogen-bond acceptors (Lipinski definition) is 5. The Balaban J connectivity index is 2.59. The van der Waals surface area contributed by atoms with Crippen LogP contribution in [0.1, 0.15) is 37.6 Å². The van der Waals surface area contributed by atoms with Gasteiger partial charge < -0.3 is 20.7 Å². The van der Waals surface area contributed by atoms with Crippen LogP contribution >= 0.6 is 11.6 Å². The Morgan fingerprint density at radius 1 is 1.04 bits per heavy atom. The lowest BCUT2D eigenvalue weighted by atomic mass is 10.0. The summed E-state index contributed by atoms with van der Waals surface area (Å²) in [6.07, 6.45) is 0.346. The molecule has 154 valence electrons. The van der Waals surface area contributed by atoms with E-state index in [1.165, 1.54) is 0 Å². The third-order valence-electron chi connectivity index (χ3n) is 3.57. The highest BCUT2D eigenvalue weighted by Gasteiger charge is 2.24. The van der Waals surface area contributed by atoms with Crippen LogP contribution in [-0.2, 0) is 19.1 Å². The molecule has 3 amide bonds. The first kappa shape index (κ1) is 23.4. The molecular weight excluding hydrogens is 386 g/mol. The summed E-state index contributed by atoms with van der Waals surface area (Å²) in [5, 5.41) is 7.99. The Kier molecular flexibility index (Phi) is 10.0. The van der Waals surface area contributed by atoms with Crippen LogP contribution in [0.25, 0.3) is 0 Å². The molecule has 9 heteroatoms. The summed E-state index contributed by atoms with van der Waals surface area (Å²) in [6, 6.07) is 5.34. The average Bonchev–Trinajstić information content (AvgIpc) is 2.64. The van der Waals surface area contributed by atoms with Crippen LogP contribution in [-0.4, -0.2) is 49.4 Å². The van der Waals surface area contributed by atoms with Gasteiger partial charge in [-0.25, -0.2) is 4.79 Å². The lowest BCUT2D eigenvalue weighted by Crippen LogP contribution is -2.44. The maximum atomic E-state index is 12.3. The second kappa shape index (κ2) is 12.0. The minimum atomic E-state index is -0.903. The molecule has 0 radical (unpaired) electrons. The number of ether oxygens (including phenoxy) is 1. The zero-order valence-corrected chi connectivity index (χ0v) is 17.0. The molecule has 28 heavy (non-hydrogen) atoms. The van der Waals surface area contributed by atoms with E-state index in [0.29, 0.717) is 23.6 Å². The van der Waals surface area contributed by atoms with Gasteiger partial charge in [0.05, 0.1) is 6.54 Å². The van der Waals surface area contributed by atoms with E-state index >= 15 is 0 Å². The highest BCUT2D eigenvalue weighted by Crippen LogP contribution is 2.11. The van der Waals surface area contributed by atoms with Crippen molar-refractivity contribution in [3.63, 3.8) is 0 Å². The Hall–Kier alpha value is -2.61. The molecule has 8 nitrogen and oxygen atoms in total. The van der Waals surface area contributed by atoms with Crippen molar-refractivity contribution in [2.45, 2.75) is 33.2 Å². The van der Waals surface area contributed by atoms with Crippen LogP contribution < -0.4 is 16.0 Å². The van der Waals surface area contributed by atoms with E-state index in [2.05, 4.69) is 16.0 Å². The lowest BCUT2D eigenvalue weighted by molar-refractivity contribution is -0.150. The maximum absolute atomic E-state index is 12.3. The van der Waals surface area contributed by atoms with Gasteiger partial charge >= 0.3 is 5.97 Å². The first-order valence-corrected chi connectivity index (χ1v) is 9.37. The maximum Gasteiger partial charge on any atom is 0.329 e. The molecule has 0 heterocycles. The van der Waals surface area contributed by atoms with Crippen LogP contribution in [0.4, 0.5) is 0 Å². The lowest BCUT2D eigenvalue weighted by Gasteiger charge is -2.19. The quantitative estimate of drug-likeness (QED) is 0.502. The van der Waals surface area contributed by atoms with Gasteiger partial charge in [0, 0.05) is 17.1 Å². The molecule has 0 aliphatic heterocycles. The topological polar surface area (TPSA) is 114 Å². The molecule has 0 unspecified atom stereocenters. The molecule has 0 bridgehead atoms.